The smallest absolute Gasteiger partial charge is 0.371 e. The van der Waals surface area contributed by atoms with Gasteiger partial charge in [-0.25, -0.2) is 27.7 Å². The fraction of sp³-hybridized carbons (Fsp3) is 0.520. The first kappa shape index (κ1) is 26.6. The fourth-order valence-electron chi connectivity index (χ4n) is 5.58. The molecule has 0 bridgehead atoms. The maximum atomic E-state index is 15.0. The quantitative estimate of drug-likeness (QED) is 0.328. The second kappa shape index (κ2) is 9.49. The minimum atomic E-state index is -4.43. The molecule has 0 radical (unpaired) electrons. The van der Waals surface area contributed by atoms with Gasteiger partial charge >= 0.3 is 6.18 Å². The maximum Gasteiger partial charge on any atom is 0.406 e. The van der Waals surface area contributed by atoms with Crippen LogP contribution < -0.4 is 10.6 Å². The predicted octanol–water partition coefficient (Wildman–Crippen LogP) is 4.68. The highest BCUT2D eigenvalue weighted by atomic mass is 19.4. The summed E-state index contributed by atoms with van der Waals surface area (Å²) in [5.74, 6) is -1.86. The van der Waals surface area contributed by atoms with Gasteiger partial charge in [0.1, 0.15) is 29.6 Å². The monoisotopic (exact) mass is 567 g/mol. The van der Waals surface area contributed by atoms with E-state index in [1.165, 1.54) is 6.92 Å². The summed E-state index contributed by atoms with van der Waals surface area (Å²) in [5.41, 5.74) is 2.00. The van der Waals surface area contributed by atoms with Crippen molar-refractivity contribution in [2.45, 2.75) is 63.1 Å². The molecule has 2 N–H and O–H groups in total. The Hall–Kier alpha value is -3.62. The molecule has 2 unspecified atom stereocenters. The Kier molecular flexibility index (Phi) is 6.31. The largest absolute Gasteiger partial charge is 0.406 e. The number of aromatic nitrogens is 6. The van der Waals surface area contributed by atoms with Crippen molar-refractivity contribution in [1.29, 1.82) is 0 Å². The minimum absolute atomic E-state index is 0.0613. The zero-order valence-corrected chi connectivity index (χ0v) is 21.7. The van der Waals surface area contributed by atoms with Crippen LogP contribution in [0.4, 0.5) is 38.1 Å². The van der Waals surface area contributed by atoms with Crippen molar-refractivity contribution in [2.24, 2.45) is 0 Å². The number of alkyl halides is 6. The summed E-state index contributed by atoms with van der Waals surface area (Å²) in [6.07, 6.45) is -4.12. The van der Waals surface area contributed by atoms with E-state index in [2.05, 4.69) is 30.7 Å². The molecule has 0 spiro atoms. The van der Waals surface area contributed by atoms with E-state index < -0.39 is 30.9 Å². The van der Waals surface area contributed by atoms with Crippen molar-refractivity contribution >= 4 is 28.4 Å². The Morgan fingerprint density at radius 2 is 1.88 bits per heavy atom. The van der Waals surface area contributed by atoms with Crippen LogP contribution in [-0.2, 0) is 6.54 Å². The van der Waals surface area contributed by atoms with Gasteiger partial charge in [0.05, 0.1) is 11.7 Å². The van der Waals surface area contributed by atoms with Crippen molar-refractivity contribution in [3.63, 3.8) is 0 Å². The second-order valence-corrected chi connectivity index (χ2v) is 10.4. The third-order valence-corrected chi connectivity index (χ3v) is 7.62. The highest BCUT2D eigenvalue weighted by Crippen LogP contribution is 2.41. The van der Waals surface area contributed by atoms with E-state index in [4.69, 9.17) is 0 Å². The number of nitrogens with one attached hydrogen (secondary N) is 2. The van der Waals surface area contributed by atoms with Crippen LogP contribution in [0, 0.1) is 6.92 Å². The van der Waals surface area contributed by atoms with E-state index in [1.54, 1.807) is 40.9 Å². The van der Waals surface area contributed by atoms with Crippen molar-refractivity contribution < 1.29 is 26.3 Å². The number of rotatable bonds is 6. The van der Waals surface area contributed by atoms with E-state index in [-0.39, 0.29) is 42.8 Å². The van der Waals surface area contributed by atoms with E-state index in [9.17, 15) is 22.0 Å². The van der Waals surface area contributed by atoms with Gasteiger partial charge in [-0.3, -0.25) is 4.90 Å². The minimum Gasteiger partial charge on any atom is -0.371 e. The molecule has 6 rings (SSSR count). The lowest BCUT2D eigenvalue weighted by molar-refractivity contribution is -0.140. The van der Waals surface area contributed by atoms with Crippen LogP contribution in [-0.4, -0.2) is 84.5 Å². The number of likely N-dealkylation sites (tertiary alicyclic amines) is 1. The van der Waals surface area contributed by atoms with E-state index in [1.807, 2.05) is 0 Å². The summed E-state index contributed by atoms with van der Waals surface area (Å²) in [5, 5.41) is 10.5. The lowest BCUT2D eigenvalue weighted by Crippen LogP contribution is -2.57. The first-order valence-electron chi connectivity index (χ1n) is 12.9. The van der Waals surface area contributed by atoms with E-state index >= 15 is 4.39 Å². The zero-order valence-electron chi connectivity index (χ0n) is 21.7. The van der Waals surface area contributed by atoms with Crippen molar-refractivity contribution in [3.05, 3.63) is 30.2 Å². The van der Waals surface area contributed by atoms with Crippen LogP contribution in [0.2, 0.25) is 0 Å². The number of anilines is 2. The summed E-state index contributed by atoms with van der Waals surface area (Å²) < 4.78 is 83.6. The number of imidazole rings is 1. The molecule has 1 aliphatic carbocycles. The van der Waals surface area contributed by atoms with Crippen molar-refractivity contribution in [1.82, 2.24) is 34.0 Å². The highest BCUT2D eigenvalue weighted by Gasteiger charge is 2.49. The van der Waals surface area contributed by atoms with Gasteiger partial charge in [0.2, 0.25) is 5.95 Å². The highest BCUT2D eigenvalue weighted by molar-refractivity contribution is 5.89. The van der Waals surface area contributed by atoms with Gasteiger partial charge in [-0.05, 0) is 31.5 Å². The van der Waals surface area contributed by atoms with Gasteiger partial charge in [0.25, 0.3) is 5.92 Å². The van der Waals surface area contributed by atoms with Gasteiger partial charge in [0, 0.05) is 50.8 Å². The summed E-state index contributed by atoms with van der Waals surface area (Å²) >= 11 is 0. The van der Waals surface area contributed by atoms with E-state index in [0.717, 1.165) is 4.57 Å². The van der Waals surface area contributed by atoms with Crippen LogP contribution in [0.25, 0.3) is 27.9 Å². The van der Waals surface area contributed by atoms with Gasteiger partial charge in [0.15, 0.2) is 11.5 Å². The molecule has 2 aliphatic rings. The maximum absolute atomic E-state index is 15.0. The second-order valence-electron chi connectivity index (χ2n) is 10.4. The predicted molar refractivity (Wildman–Crippen MR) is 136 cm³/mol. The average molecular weight is 568 g/mol. The lowest BCUT2D eigenvalue weighted by Gasteiger charge is -2.46. The zero-order chi connectivity index (χ0) is 28.4. The molecule has 0 amide bonds. The third kappa shape index (κ3) is 4.90. The number of hydrogen-bond acceptors (Lipinski definition) is 7. The summed E-state index contributed by atoms with van der Waals surface area (Å²) in [6.45, 7) is 0.849. The van der Waals surface area contributed by atoms with Gasteiger partial charge in [-0.1, -0.05) is 0 Å². The van der Waals surface area contributed by atoms with Crippen LogP contribution in [0.3, 0.4) is 0 Å². The molecule has 2 atom stereocenters. The van der Waals surface area contributed by atoms with Gasteiger partial charge in [-0.2, -0.15) is 18.2 Å². The number of nitrogens with zero attached hydrogens (tertiary/aromatic N) is 7. The first-order valence-corrected chi connectivity index (χ1v) is 12.9. The standard InChI is InChI=1S/C25H27F6N9/c1-13-33-19-4-3-17(34-22(19)39(13)12-25(29,30)31)15-5-8-40-20(15)21(32-2)36-23(37-40)35-18-6-7-38(11-16(18)26)14-9-24(27,28)10-14/h3-5,8,14,16,18H,6-7,9-12H2,1-2H3,(H2,32,35,36,37). The average Bonchev–Trinajstić information content (AvgIpc) is 3.43. The fourth-order valence-corrected chi connectivity index (χ4v) is 5.58. The molecule has 40 heavy (non-hydrogen) atoms. The SMILES string of the molecule is CNc1nc(NC2CCN(C3CC(F)(F)C3)CC2F)nn2ccc(-c3ccc4nc(C)n(CC(F)(F)F)c4n3)c12. The Labute approximate surface area is 224 Å². The van der Waals surface area contributed by atoms with Gasteiger partial charge < -0.3 is 15.2 Å². The normalized spacial score (nSPS) is 22.1. The van der Waals surface area contributed by atoms with Crippen LogP contribution >= 0.6 is 0 Å². The summed E-state index contributed by atoms with van der Waals surface area (Å²) in [4.78, 5) is 15.0. The molecule has 214 valence electrons. The van der Waals surface area contributed by atoms with Crippen LogP contribution in [0.1, 0.15) is 25.1 Å². The Morgan fingerprint density at radius 3 is 2.55 bits per heavy atom. The molecule has 15 heteroatoms. The van der Waals surface area contributed by atoms with Crippen LogP contribution in [0.15, 0.2) is 24.4 Å². The lowest BCUT2D eigenvalue weighted by atomic mass is 9.85. The molecule has 1 saturated carbocycles. The number of pyridine rings is 1. The molecule has 0 aromatic carbocycles. The number of fused-ring (bicyclic) bond motifs is 2. The molecular formula is C25H27F6N9. The summed E-state index contributed by atoms with van der Waals surface area (Å²) in [6, 6.07) is 4.14. The third-order valence-electron chi connectivity index (χ3n) is 7.62. The molecule has 1 saturated heterocycles. The van der Waals surface area contributed by atoms with Crippen LogP contribution in [0.5, 0.6) is 0 Å². The number of halogens is 6. The number of hydrogen-bond donors (Lipinski definition) is 2. The topological polar surface area (TPSA) is 88.2 Å². The first-order chi connectivity index (χ1) is 18.9. The molecule has 4 aromatic heterocycles. The number of piperidine rings is 1. The Balaban J connectivity index is 1.26. The van der Waals surface area contributed by atoms with Crippen molar-refractivity contribution in [3.8, 4) is 11.3 Å². The molecule has 1 aliphatic heterocycles. The Bertz CT molecular complexity index is 1550. The molecule has 4 aromatic rings. The van der Waals surface area contributed by atoms with Crippen molar-refractivity contribution in [2.75, 3.05) is 30.8 Å². The number of aryl methyl sites for hydroxylation is 1. The molecular weight excluding hydrogens is 540 g/mol. The van der Waals surface area contributed by atoms with E-state index in [0.29, 0.717) is 41.1 Å². The molecule has 5 heterocycles. The molecule has 2 fully saturated rings. The summed E-state index contributed by atoms with van der Waals surface area (Å²) in [7, 11) is 1.66. The van der Waals surface area contributed by atoms with Gasteiger partial charge in [-0.15, -0.1) is 5.10 Å². The molecule has 9 nitrogen and oxygen atoms in total. The Morgan fingerprint density at radius 1 is 1.10 bits per heavy atom.